The van der Waals surface area contributed by atoms with E-state index >= 15 is 0 Å². The molecule has 0 unspecified atom stereocenters. The molecule has 0 saturated carbocycles. The molecule has 98 valence electrons. The topological polar surface area (TPSA) is 84.3 Å². The predicted molar refractivity (Wildman–Crippen MR) is 70.3 cm³/mol. The predicted octanol–water partition coefficient (Wildman–Crippen LogP) is 2.58. The minimum absolute atomic E-state index is 0.0210. The van der Waals surface area contributed by atoms with Crippen molar-refractivity contribution >= 4 is 29.1 Å². The number of nitrogens with zero attached hydrogens (tertiary/aromatic N) is 2. The van der Waals surface area contributed by atoms with E-state index in [0.717, 1.165) is 0 Å². The Balaban J connectivity index is 2.28. The molecule has 0 aliphatic rings. The van der Waals surface area contributed by atoms with Crippen molar-refractivity contribution in [1.29, 1.82) is 0 Å². The molecule has 7 heteroatoms. The van der Waals surface area contributed by atoms with Gasteiger partial charge in [-0.15, -0.1) is 0 Å². The molecule has 0 aliphatic carbocycles. The van der Waals surface area contributed by atoms with Crippen LogP contribution in [0.3, 0.4) is 0 Å². The molecular weight excluding hydrogens is 270 g/mol. The summed E-state index contributed by atoms with van der Waals surface area (Å²) in [5, 5.41) is 12.1. The lowest BCUT2D eigenvalue weighted by atomic mass is 10.2. The highest BCUT2D eigenvalue weighted by atomic mass is 35.5. The largest absolute Gasteiger partial charge is 0.481 e. The Kier molecular flexibility index (Phi) is 3.82. The third-order valence-corrected chi connectivity index (χ3v) is 2.65. The van der Waals surface area contributed by atoms with Crippen LogP contribution in [0.5, 0.6) is 5.88 Å². The summed E-state index contributed by atoms with van der Waals surface area (Å²) in [7, 11) is 1.50. The van der Waals surface area contributed by atoms with Crippen molar-refractivity contribution in [2.45, 2.75) is 0 Å². The molecule has 2 rings (SSSR count). The molecule has 0 amide bonds. The number of nitrogens with one attached hydrogen (secondary N) is 1. The number of carbonyl (C=O) groups is 1. The smallest absolute Gasteiger partial charge is 0.337 e. The molecule has 0 bridgehead atoms. The van der Waals surface area contributed by atoms with Crippen LogP contribution in [0.25, 0.3) is 0 Å². The summed E-state index contributed by atoms with van der Waals surface area (Å²) in [6, 6.07) is 6.18. The molecule has 2 N–H and O–H groups in total. The van der Waals surface area contributed by atoms with E-state index in [1.807, 2.05) is 0 Å². The van der Waals surface area contributed by atoms with Gasteiger partial charge in [-0.05, 0) is 18.2 Å². The van der Waals surface area contributed by atoms with Gasteiger partial charge < -0.3 is 15.2 Å². The number of benzene rings is 1. The Morgan fingerprint density at radius 3 is 2.84 bits per heavy atom. The third kappa shape index (κ3) is 3.11. The quantitative estimate of drug-likeness (QED) is 0.895. The molecule has 6 nitrogen and oxygen atoms in total. The molecule has 2 aromatic rings. The molecule has 1 aromatic carbocycles. The van der Waals surface area contributed by atoms with Crippen molar-refractivity contribution in [2.24, 2.45) is 0 Å². The van der Waals surface area contributed by atoms with Crippen molar-refractivity contribution in [1.82, 2.24) is 9.97 Å². The number of aromatic nitrogens is 2. The van der Waals surface area contributed by atoms with E-state index in [1.165, 1.54) is 25.6 Å². The molecule has 0 fully saturated rings. The van der Waals surface area contributed by atoms with Gasteiger partial charge in [-0.3, -0.25) is 0 Å². The van der Waals surface area contributed by atoms with Crippen LogP contribution in [-0.2, 0) is 0 Å². The Labute approximate surface area is 114 Å². The summed E-state index contributed by atoms with van der Waals surface area (Å²) in [6.45, 7) is 0. The van der Waals surface area contributed by atoms with Crippen LogP contribution in [0.4, 0.5) is 11.5 Å². The van der Waals surface area contributed by atoms with Crippen LogP contribution < -0.4 is 10.1 Å². The number of rotatable bonds is 4. The molecule has 0 saturated heterocycles. The Hall–Kier alpha value is -2.34. The van der Waals surface area contributed by atoms with E-state index < -0.39 is 5.97 Å². The van der Waals surface area contributed by atoms with Gasteiger partial charge >= 0.3 is 5.97 Å². The van der Waals surface area contributed by atoms with Gasteiger partial charge in [0.2, 0.25) is 5.88 Å². The molecular formula is C12H10ClN3O3. The van der Waals surface area contributed by atoms with E-state index in [4.69, 9.17) is 21.4 Å². The van der Waals surface area contributed by atoms with Gasteiger partial charge in [-0.25, -0.2) is 14.8 Å². The minimum atomic E-state index is -1.09. The van der Waals surface area contributed by atoms with Crippen molar-refractivity contribution in [3.05, 3.63) is 41.2 Å². The highest BCUT2D eigenvalue weighted by molar-refractivity contribution is 6.33. The van der Waals surface area contributed by atoms with E-state index in [0.29, 0.717) is 17.4 Å². The fraction of sp³-hybridized carbons (Fsp3) is 0.0833. The highest BCUT2D eigenvalue weighted by Gasteiger charge is 2.09. The number of carboxylic acids is 1. The van der Waals surface area contributed by atoms with E-state index in [-0.39, 0.29) is 10.6 Å². The molecule has 0 spiro atoms. The summed E-state index contributed by atoms with van der Waals surface area (Å²) in [6.07, 6.45) is 1.34. The first-order chi connectivity index (χ1) is 9.10. The highest BCUT2D eigenvalue weighted by Crippen LogP contribution is 2.23. The van der Waals surface area contributed by atoms with Crippen LogP contribution in [0.1, 0.15) is 10.4 Å². The number of carboxylic acid groups (broad SMARTS) is 1. The summed E-state index contributed by atoms with van der Waals surface area (Å²) in [5.74, 6) is -0.190. The van der Waals surface area contributed by atoms with Gasteiger partial charge in [0, 0.05) is 11.8 Å². The van der Waals surface area contributed by atoms with Gasteiger partial charge in [-0.2, -0.15) is 0 Å². The van der Waals surface area contributed by atoms with Crippen molar-refractivity contribution < 1.29 is 14.6 Å². The fourth-order valence-electron chi connectivity index (χ4n) is 1.43. The number of aromatic carboxylic acids is 1. The second-order valence-electron chi connectivity index (χ2n) is 3.57. The maximum Gasteiger partial charge on any atom is 0.337 e. The van der Waals surface area contributed by atoms with Crippen molar-refractivity contribution in [3.63, 3.8) is 0 Å². The van der Waals surface area contributed by atoms with Gasteiger partial charge in [0.15, 0.2) is 0 Å². The molecule has 19 heavy (non-hydrogen) atoms. The van der Waals surface area contributed by atoms with Crippen molar-refractivity contribution in [2.75, 3.05) is 12.4 Å². The zero-order valence-electron chi connectivity index (χ0n) is 9.92. The molecule has 0 aliphatic heterocycles. The summed E-state index contributed by atoms with van der Waals surface area (Å²) < 4.78 is 4.97. The van der Waals surface area contributed by atoms with E-state index in [1.54, 1.807) is 12.1 Å². The monoisotopic (exact) mass is 279 g/mol. The average Bonchev–Trinajstić information content (AvgIpc) is 2.41. The first kappa shape index (κ1) is 13.1. The Morgan fingerprint density at radius 1 is 1.37 bits per heavy atom. The maximum absolute atomic E-state index is 11.0. The van der Waals surface area contributed by atoms with Crippen LogP contribution in [-0.4, -0.2) is 28.2 Å². The van der Waals surface area contributed by atoms with Crippen LogP contribution in [0.15, 0.2) is 30.6 Å². The summed E-state index contributed by atoms with van der Waals surface area (Å²) in [5.41, 5.74) is 0.579. The zero-order valence-corrected chi connectivity index (χ0v) is 10.7. The molecule has 1 aromatic heterocycles. The first-order valence-electron chi connectivity index (χ1n) is 5.26. The average molecular weight is 280 g/mol. The number of hydrogen-bond acceptors (Lipinski definition) is 5. The number of methoxy groups -OCH3 is 1. The first-order valence-corrected chi connectivity index (χ1v) is 5.64. The minimum Gasteiger partial charge on any atom is -0.481 e. The molecule has 1 heterocycles. The van der Waals surface area contributed by atoms with Crippen LogP contribution in [0, 0.1) is 0 Å². The maximum atomic E-state index is 11.0. The second kappa shape index (κ2) is 5.53. The van der Waals surface area contributed by atoms with Gasteiger partial charge in [-0.1, -0.05) is 11.6 Å². The Morgan fingerprint density at radius 2 is 2.16 bits per heavy atom. The number of ether oxygens (including phenoxy) is 1. The lowest BCUT2D eigenvalue weighted by Gasteiger charge is -2.08. The summed E-state index contributed by atoms with van der Waals surface area (Å²) in [4.78, 5) is 18.8. The zero-order chi connectivity index (χ0) is 13.8. The van der Waals surface area contributed by atoms with E-state index in [9.17, 15) is 4.79 Å². The van der Waals surface area contributed by atoms with Crippen molar-refractivity contribution in [3.8, 4) is 5.88 Å². The number of halogens is 1. The van der Waals surface area contributed by atoms with Crippen LogP contribution >= 0.6 is 11.6 Å². The Bertz CT molecular complexity index is 619. The SMILES string of the molecule is COc1cc(Nc2ccc(Cl)c(C(=O)O)c2)ncn1. The number of anilines is 2. The third-order valence-electron chi connectivity index (χ3n) is 2.32. The fourth-order valence-corrected chi connectivity index (χ4v) is 1.63. The summed E-state index contributed by atoms with van der Waals surface area (Å²) >= 11 is 5.79. The standard InChI is InChI=1S/C12H10ClN3O3/c1-19-11-5-10(14-6-15-11)16-7-2-3-9(13)8(4-7)12(17)18/h2-6H,1H3,(H,17,18)(H,14,15,16). The molecule has 0 radical (unpaired) electrons. The van der Waals surface area contributed by atoms with E-state index in [2.05, 4.69) is 15.3 Å². The van der Waals surface area contributed by atoms with Gasteiger partial charge in [0.1, 0.15) is 12.1 Å². The number of hydrogen-bond donors (Lipinski definition) is 2. The van der Waals surface area contributed by atoms with Crippen LogP contribution in [0.2, 0.25) is 5.02 Å². The second-order valence-corrected chi connectivity index (χ2v) is 3.98. The lowest BCUT2D eigenvalue weighted by Crippen LogP contribution is -2.00. The van der Waals surface area contributed by atoms with Gasteiger partial charge in [0.05, 0.1) is 17.7 Å². The van der Waals surface area contributed by atoms with Gasteiger partial charge in [0.25, 0.3) is 0 Å². The molecule has 0 atom stereocenters. The lowest BCUT2D eigenvalue weighted by molar-refractivity contribution is 0.0697. The normalized spacial score (nSPS) is 10.0.